The molecule has 0 aliphatic heterocycles. The molecule has 14 heavy (non-hydrogen) atoms. The first-order valence-corrected chi connectivity index (χ1v) is 4.50. The van der Waals surface area contributed by atoms with Gasteiger partial charge >= 0.3 is 0 Å². The van der Waals surface area contributed by atoms with E-state index in [4.69, 9.17) is 18.0 Å². The molecular formula is C8H12N4OS. The van der Waals surface area contributed by atoms with Gasteiger partial charge in [0.2, 0.25) is 0 Å². The van der Waals surface area contributed by atoms with E-state index in [1.165, 1.54) is 11.1 Å². The first kappa shape index (κ1) is 10.6. The minimum Gasteiger partial charge on any atom is -0.392 e. The smallest absolute Gasteiger partial charge is 0.272 e. The van der Waals surface area contributed by atoms with Gasteiger partial charge in [0.15, 0.2) is 0 Å². The second kappa shape index (κ2) is 4.19. The van der Waals surface area contributed by atoms with Crippen molar-refractivity contribution >= 4 is 23.1 Å². The van der Waals surface area contributed by atoms with Gasteiger partial charge in [-0.2, -0.15) is 5.10 Å². The maximum Gasteiger partial charge on any atom is 0.272 e. The number of carbonyl (C=O) groups is 1. The maximum absolute atomic E-state index is 11.7. The number of hydrogen-bond donors (Lipinski definition) is 2. The van der Waals surface area contributed by atoms with Gasteiger partial charge < -0.3 is 10.6 Å². The zero-order valence-electron chi connectivity index (χ0n) is 8.02. The van der Waals surface area contributed by atoms with Gasteiger partial charge in [-0.1, -0.05) is 12.2 Å². The maximum atomic E-state index is 11.7. The Kier molecular flexibility index (Phi) is 3.19. The van der Waals surface area contributed by atoms with E-state index in [1.807, 2.05) is 0 Å². The predicted molar refractivity (Wildman–Crippen MR) is 56.9 cm³/mol. The third-order valence-corrected chi connectivity index (χ3v) is 2.39. The van der Waals surface area contributed by atoms with Crippen LogP contribution in [-0.4, -0.2) is 39.1 Å². The normalized spacial score (nSPS) is 12.1. The van der Waals surface area contributed by atoms with Gasteiger partial charge in [0.05, 0.1) is 11.0 Å². The number of nitrogens with zero attached hydrogens (tertiary/aromatic N) is 2. The van der Waals surface area contributed by atoms with Gasteiger partial charge in [-0.3, -0.25) is 9.89 Å². The van der Waals surface area contributed by atoms with Crippen LogP contribution in [0, 0.1) is 0 Å². The second-order valence-electron chi connectivity index (χ2n) is 2.96. The summed E-state index contributed by atoms with van der Waals surface area (Å²) in [7, 11) is 1.65. The summed E-state index contributed by atoms with van der Waals surface area (Å²) < 4.78 is 0. The first-order valence-electron chi connectivity index (χ1n) is 4.10. The van der Waals surface area contributed by atoms with Crippen LogP contribution in [0.25, 0.3) is 0 Å². The Morgan fingerprint density at radius 3 is 2.86 bits per heavy atom. The van der Waals surface area contributed by atoms with Crippen LogP contribution in [0.5, 0.6) is 0 Å². The Hall–Kier alpha value is -1.43. The Balaban J connectivity index is 2.76. The number of H-pyrrole nitrogens is 1. The molecule has 0 bridgehead atoms. The SMILES string of the molecule is CC(C(N)=S)N(C)C(=O)c1ccn[nH]1. The molecule has 0 spiro atoms. The number of carbonyl (C=O) groups excluding carboxylic acids is 1. The summed E-state index contributed by atoms with van der Waals surface area (Å²) in [4.78, 5) is 13.5. The highest BCUT2D eigenvalue weighted by atomic mass is 32.1. The number of amides is 1. The van der Waals surface area contributed by atoms with Gasteiger partial charge in [0.1, 0.15) is 5.69 Å². The van der Waals surface area contributed by atoms with Crippen LogP contribution in [0.15, 0.2) is 12.3 Å². The Morgan fingerprint density at radius 1 is 1.79 bits per heavy atom. The minimum atomic E-state index is -0.263. The molecular weight excluding hydrogens is 200 g/mol. The number of thiocarbonyl (C=S) groups is 1. The van der Waals surface area contributed by atoms with Crippen molar-refractivity contribution in [1.82, 2.24) is 15.1 Å². The topological polar surface area (TPSA) is 75.0 Å². The van der Waals surface area contributed by atoms with Gasteiger partial charge in [0.25, 0.3) is 5.91 Å². The van der Waals surface area contributed by atoms with Crippen molar-refractivity contribution in [2.45, 2.75) is 13.0 Å². The van der Waals surface area contributed by atoms with Gasteiger partial charge in [-0.25, -0.2) is 0 Å². The highest BCUT2D eigenvalue weighted by Crippen LogP contribution is 2.03. The van der Waals surface area contributed by atoms with E-state index in [1.54, 1.807) is 20.0 Å². The predicted octanol–water partition coefficient (Wildman–Crippen LogP) is 0.156. The van der Waals surface area contributed by atoms with Crippen LogP contribution in [0.1, 0.15) is 17.4 Å². The fourth-order valence-electron chi connectivity index (χ4n) is 0.932. The van der Waals surface area contributed by atoms with E-state index >= 15 is 0 Å². The van der Waals surface area contributed by atoms with Crippen molar-refractivity contribution in [1.29, 1.82) is 0 Å². The molecule has 1 aromatic heterocycles. The molecule has 0 aliphatic rings. The lowest BCUT2D eigenvalue weighted by molar-refractivity contribution is 0.0773. The molecule has 1 atom stereocenters. The summed E-state index contributed by atoms with van der Waals surface area (Å²) in [6, 6.07) is 1.34. The molecule has 1 unspecified atom stereocenters. The number of nitrogens with one attached hydrogen (secondary N) is 1. The van der Waals surface area contributed by atoms with Gasteiger partial charge in [-0.05, 0) is 13.0 Å². The summed E-state index contributed by atoms with van der Waals surface area (Å²) in [5.41, 5.74) is 5.87. The van der Waals surface area contributed by atoms with E-state index in [2.05, 4.69) is 10.2 Å². The average molecular weight is 212 g/mol. The summed E-state index contributed by atoms with van der Waals surface area (Å²) in [5, 5.41) is 6.28. The fraction of sp³-hybridized carbons (Fsp3) is 0.375. The van der Waals surface area contributed by atoms with Crippen molar-refractivity contribution in [3.63, 3.8) is 0 Å². The molecule has 0 aliphatic carbocycles. The Labute approximate surface area is 87.3 Å². The van der Waals surface area contributed by atoms with Crippen LogP contribution in [0.3, 0.4) is 0 Å². The third kappa shape index (κ3) is 2.08. The van der Waals surface area contributed by atoms with E-state index in [-0.39, 0.29) is 11.9 Å². The van der Waals surface area contributed by atoms with Crippen LogP contribution in [-0.2, 0) is 0 Å². The number of rotatable bonds is 3. The van der Waals surface area contributed by atoms with E-state index in [9.17, 15) is 4.79 Å². The van der Waals surface area contributed by atoms with Crippen molar-refractivity contribution in [3.8, 4) is 0 Å². The molecule has 1 aromatic rings. The van der Waals surface area contributed by atoms with E-state index in [0.717, 1.165) is 0 Å². The molecule has 0 saturated heterocycles. The molecule has 1 rings (SSSR count). The number of aromatic nitrogens is 2. The molecule has 1 heterocycles. The Bertz CT molecular complexity index is 335. The van der Waals surface area contributed by atoms with Crippen molar-refractivity contribution < 1.29 is 4.79 Å². The highest BCUT2D eigenvalue weighted by molar-refractivity contribution is 7.80. The van der Waals surface area contributed by atoms with Crippen LogP contribution >= 0.6 is 12.2 Å². The fourth-order valence-corrected chi connectivity index (χ4v) is 1.09. The first-order chi connectivity index (χ1) is 6.54. The monoisotopic (exact) mass is 212 g/mol. The molecule has 0 radical (unpaired) electrons. The molecule has 1 amide bonds. The lowest BCUT2D eigenvalue weighted by atomic mass is 10.2. The molecule has 6 heteroatoms. The number of hydrogen-bond acceptors (Lipinski definition) is 3. The largest absolute Gasteiger partial charge is 0.392 e. The second-order valence-corrected chi connectivity index (χ2v) is 3.44. The van der Waals surface area contributed by atoms with Crippen LogP contribution in [0.4, 0.5) is 0 Å². The van der Waals surface area contributed by atoms with Crippen molar-refractivity contribution in [2.75, 3.05) is 7.05 Å². The molecule has 5 nitrogen and oxygen atoms in total. The number of likely N-dealkylation sites (N-methyl/N-ethyl adjacent to an activating group) is 1. The summed E-state index contributed by atoms with van der Waals surface area (Å²) in [5.74, 6) is -0.178. The Morgan fingerprint density at radius 2 is 2.43 bits per heavy atom. The van der Waals surface area contributed by atoms with Gasteiger partial charge in [-0.15, -0.1) is 0 Å². The molecule has 76 valence electrons. The quantitative estimate of drug-likeness (QED) is 0.700. The lowest BCUT2D eigenvalue weighted by Crippen LogP contribution is -2.42. The summed E-state index contributed by atoms with van der Waals surface area (Å²) in [6.45, 7) is 1.77. The van der Waals surface area contributed by atoms with E-state index < -0.39 is 0 Å². The van der Waals surface area contributed by atoms with Gasteiger partial charge in [0, 0.05) is 13.2 Å². The highest BCUT2D eigenvalue weighted by Gasteiger charge is 2.19. The van der Waals surface area contributed by atoms with Crippen molar-refractivity contribution in [2.24, 2.45) is 5.73 Å². The van der Waals surface area contributed by atoms with E-state index in [0.29, 0.717) is 10.7 Å². The zero-order valence-corrected chi connectivity index (χ0v) is 8.84. The summed E-state index contributed by atoms with van der Waals surface area (Å²) >= 11 is 4.80. The van der Waals surface area contributed by atoms with Crippen LogP contribution in [0.2, 0.25) is 0 Å². The summed E-state index contributed by atoms with van der Waals surface area (Å²) in [6.07, 6.45) is 1.52. The van der Waals surface area contributed by atoms with Crippen molar-refractivity contribution in [3.05, 3.63) is 18.0 Å². The standard InChI is InChI=1S/C8H12N4OS/c1-5(7(9)14)12(2)8(13)6-3-4-10-11-6/h3-5H,1-2H3,(H2,9,14)(H,10,11). The molecule has 0 aromatic carbocycles. The molecule has 3 N–H and O–H groups in total. The molecule has 0 fully saturated rings. The average Bonchev–Trinajstić information content (AvgIpc) is 2.67. The lowest BCUT2D eigenvalue weighted by Gasteiger charge is -2.22. The zero-order chi connectivity index (χ0) is 10.7. The number of nitrogens with two attached hydrogens (primary N) is 1. The number of aromatic amines is 1. The molecule has 0 saturated carbocycles. The third-order valence-electron chi connectivity index (χ3n) is 2.04. The minimum absolute atomic E-state index is 0.178. The van der Waals surface area contributed by atoms with Crippen LogP contribution < -0.4 is 5.73 Å².